The third kappa shape index (κ3) is 2.79. The number of carboxylic acid groups (broad SMARTS) is 1. The first-order valence-corrected chi connectivity index (χ1v) is 5.36. The maximum Gasteiger partial charge on any atom is 0.339 e. The van der Waals surface area contributed by atoms with Gasteiger partial charge in [0.25, 0.3) is 0 Å². The van der Waals surface area contributed by atoms with E-state index >= 15 is 0 Å². The summed E-state index contributed by atoms with van der Waals surface area (Å²) in [6, 6.07) is 3.77. The molecule has 0 aliphatic rings. The van der Waals surface area contributed by atoms with Crippen LogP contribution in [-0.2, 0) is 6.54 Å². The van der Waals surface area contributed by atoms with Gasteiger partial charge in [0.2, 0.25) is 5.95 Å². The SMILES string of the molecule is Cc1nc(NCc2cccnc2)ncc1C(=O)O. The van der Waals surface area contributed by atoms with E-state index < -0.39 is 5.97 Å². The number of carbonyl (C=O) groups is 1. The molecule has 2 aromatic heterocycles. The van der Waals surface area contributed by atoms with Crippen LogP contribution in [0.3, 0.4) is 0 Å². The summed E-state index contributed by atoms with van der Waals surface area (Å²) in [6.07, 6.45) is 4.74. The summed E-state index contributed by atoms with van der Waals surface area (Å²) < 4.78 is 0. The van der Waals surface area contributed by atoms with Gasteiger partial charge in [0, 0.05) is 25.1 Å². The van der Waals surface area contributed by atoms with Gasteiger partial charge in [-0.25, -0.2) is 14.8 Å². The lowest BCUT2D eigenvalue weighted by Gasteiger charge is -2.06. The highest BCUT2D eigenvalue weighted by molar-refractivity contribution is 5.88. The Labute approximate surface area is 104 Å². The average molecular weight is 244 g/mol. The lowest BCUT2D eigenvalue weighted by molar-refractivity contribution is 0.0695. The van der Waals surface area contributed by atoms with Crippen molar-refractivity contribution >= 4 is 11.9 Å². The van der Waals surface area contributed by atoms with Gasteiger partial charge < -0.3 is 10.4 Å². The molecule has 6 nitrogen and oxygen atoms in total. The van der Waals surface area contributed by atoms with Crippen molar-refractivity contribution in [2.45, 2.75) is 13.5 Å². The second-order valence-corrected chi connectivity index (χ2v) is 3.71. The Hall–Kier alpha value is -2.50. The summed E-state index contributed by atoms with van der Waals surface area (Å²) in [5.74, 6) is -0.618. The first kappa shape index (κ1) is 12.0. The minimum Gasteiger partial charge on any atom is -0.478 e. The highest BCUT2D eigenvalue weighted by Crippen LogP contribution is 2.08. The molecular weight excluding hydrogens is 232 g/mol. The van der Waals surface area contributed by atoms with Crippen LogP contribution < -0.4 is 5.32 Å². The second kappa shape index (κ2) is 5.22. The Morgan fingerprint density at radius 1 is 1.44 bits per heavy atom. The number of aromatic carboxylic acids is 1. The fraction of sp³-hybridized carbons (Fsp3) is 0.167. The highest BCUT2D eigenvalue weighted by atomic mass is 16.4. The van der Waals surface area contributed by atoms with Crippen molar-refractivity contribution in [1.29, 1.82) is 0 Å². The molecule has 2 rings (SSSR count). The zero-order valence-electron chi connectivity index (χ0n) is 9.79. The summed E-state index contributed by atoms with van der Waals surface area (Å²) in [5.41, 5.74) is 1.55. The molecule has 0 spiro atoms. The normalized spacial score (nSPS) is 10.1. The summed E-state index contributed by atoms with van der Waals surface area (Å²) >= 11 is 0. The third-order valence-electron chi connectivity index (χ3n) is 2.38. The van der Waals surface area contributed by atoms with E-state index in [-0.39, 0.29) is 5.56 Å². The van der Waals surface area contributed by atoms with E-state index in [2.05, 4.69) is 20.3 Å². The monoisotopic (exact) mass is 244 g/mol. The smallest absolute Gasteiger partial charge is 0.339 e. The van der Waals surface area contributed by atoms with Crippen molar-refractivity contribution < 1.29 is 9.90 Å². The van der Waals surface area contributed by atoms with E-state index in [9.17, 15) is 4.79 Å². The third-order valence-corrected chi connectivity index (χ3v) is 2.38. The molecule has 0 fully saturated rings. The molecule has 0 atom stereocenters. The maximum absolute atomic E-state index is 10.8. The van der Waals surface area contributed by atoms with Gasteiger partial charge in [0.1, 0.15) is 0 Å². The molecule has 0 unspecified atom stereocenters. The fourth-order valence-electron chi connectivity index (χ4n) is 1.45. The Balaban J connectivity index is 2.07. The van der Waals surface area contributed by atoms with Crippen LogP contribution in [0.15, 0.2) is 30.7 Å². The van der Waals surface area contributed by atoms with Crippen molar-refractivity contribution in [2.24, 2.45) is 0 Å². The number of nitrogens with zero attached hydrogens (tertiary/aromatic N) is 3. The number of aromatic nitrogens is 3. The van der Waals surface area contributed by atoms with Crippen molar-refractivity contribution in [3.8, 4) is 0 Å². The molecule has 18 heavy (non-hydrogen) atoms. The van der Waals surface area contributed by atoms with E-state index in [1.54, 1.807) is 19.3 Å². The Morgan fingerprint density at radius 3 is 2.89 bits per heavy atom. The first-order valence-electron chi connectivity index (χ1n) is 5.36. The molecule has 2 heterocycles. The average Bonchev–Trinajstić information content (AvgIpc) is 2.37. The molecule has 0 bridgehead atoms. The van der Waals surface area contributed by atoms with Crippen molar-refractivity contribution in [2.75, 3.05) is 5.32 Å². The molecule has 0 aromatic carbocycles. The number of pyridine rings is 1. The van der Waals surface area contributed by atoms with Gasteiger partial charge in [-0.05, 0) is 18.6 Å². The Bertz CT molecular complexity index is 557. The topological polar surface area (TPSA) is 88.0 Å². The summed E-state index contributed by atoms with van der Waals surface area (Å²) in [4.78, 5) is 22.8. The van der Waals surface area contributed by atoms with Crippen LogP contribution in [0.1, 0.15) is 21.6 Å². The molecule has 0 amide bonds. The summed E-state index contributed by atoms with van der Waals surface area (Å²) in [5, 5.41) is 11.9. The van der Waals surface area contributed by atoms with Crippen LogP contribution >= 0.6 is 0 Å². The molecule has 2 N–H and O–H groups in total. The number of hydrogen-bond donors (Lipinski definition) is 2. The van der Waals surface area contributed by atoms with E-state index in [4.69, 9.17) is 5.11 Å². The predicted molar refractivity (Wildman–Crippen MR) is 65.3 cm³/mol. The number of nitrogens with one attached hydrogen (secondary N) is 1. The minimum atomic E-state index is -1.02. The zero-order valence-corrected chi connectivity index (χ0v) is 9.79. The highest BCUT2D eigenvalue weighted by Gasteiger charge is 2.09. The molecule has 0 aliphatic carbocycles. The number of carboxylic acids is 1. The van der Waals surface area contributed by atoms with Gasteiger partial charge in [0.15, 0.2) is 0 Å². The number of hydrogen-bond acceptors (Lipinski definition) is 5. The number of aryl methyl sites for hydroxylation is 1. The minimum absolute atomic E-state index is 0.113. The molecule has 6 heteroatoms. The van der Waals surface area contributed by atoms with E-state index in [0.29, 0.717) is 18.2 Å². The summed E-state index contributed by atoms with van der Waals surface area (Å²) in [6.45, 7) is 2.18. The van der Waals surface area contributed by atoms with Crippen molar-refractivity contribution in [3.05, 3.63) is 47.5 Å². The quantitative estimate of drug-likeness (QED) is 0.847. The van der Waals surface area contributed by atoms with Crippen LogP contribution in [0.5, 0.6) is 0 Å². The van der Waals surface area contributed by atoms with E-state index in [1.165, 1.54) is 6.20 Å². The van der Waals surface area contributed by atoms with Gasteiger partial charge in [-0.1, -0.05) is 6.07 Å². The van der Waals surface area contributed by atoms with Crippen LogP contribution in [0.4, 0.5) is 5.95 Å². The Kier molecular flexibility index (Phi) is 3.47. The molecule has 2 aromatic rings. The Morgan fingerprint density at radius 2 is 2.28 bits per heavy atom. The molecule has 0 radical (unpaired) electrons. The number of anilines is 1. The predicted octanol–water partition coefficient (Wildman–Crippen LogP) is 1.49. The maximum atomic E-state index is 10.8. The summed E-state index contributed by atoms with van der Waals surface area (Å²) in [7, 11) is 0. The molecule has 0 saturated carbocycles. The van der Waals surface area contributed by atoms with E-state index in [1.807, 2.05) is 12.1 Å². The molecule has 92 valence electrons. The van der Waals surface area contributed by atoms with Crippen molar-refractivity contribution in [3.63, 3.8) is 0 Å². The lowest BCUT2D eigenvalue weighted by Crippen LogP contribution is -2.08. The van der Waals surface area contributed by atoms with Gasteiger partial charge in [0.05, 0.1) is 11.3 Å². The largest absolute Gasteiger partial charge is 0.478 e. The van der Waals surface area contributed by atoms with Crippen LogP contribution in [-0.4, -0.2) is 26.0 Å². The van der Waals surface area contributed by atoms with Gasteiger partial charge in [-0.15, -0.1) is 0 Å². The fourth-order valence-corrected chi connectivity index (χ4v) is 1.45. The van der Waals surface area contributed by atoms with E-state index in [0.717, 1.165) is 5.56 Å². The van der Waals surface area contributed by atoms with Gasteiger partial charge >= 0.3 is 5.97 Å². The second-order valence-electron chi connectivity index (χ2n) is 3.71. The molecular formula is C12H12N4O2. The standard InChI is InChI=1S/C12H12N4O2/c1-8-10(11(17)18)7-15-12(16-8)14-6-9-3-2-4-13-5-9/h2-5,7H,6H2,1H3,(H,17,18)(H,14,15,16). The molecule has 0 saturated heterocycles. The first-order chi connectivity index (χ1) is 8.66. The lowest BCUT2D eigenvalue weighted by atomic mass is 10.2. The van der Waals surface area contributed by atoms with Crippen LogP contribution in [0, 0.1) is 6.92 Å². The van der Waals surface area contributed by atoms with Crippen LogP contribution in [0.25, 0.3) is 0 Å². The van der Waals surface area contributed by atoms with Crippen LogP contribution in [0.2, 0.25) is 0 Å². The molecule has 0 aliphatic heterocycles. The van der Waals surface area contributed by atoms with Crippen molar-refractivity contribution in [1.82, 2.24) is 15.0 Å². The zero-order chi connectivity index (χ0) is 13.0. The number of rotatable bonds is 4. The van der Waals surface area contributed by atoms with Gasteiger partial charge in [-0.2, -0.15) is 0 Å². The van der Waals surface area contributed by atoms with Gasteiger partial charge in [-0.3, -0.25) is 4.98 Å².